The minimum Gasteiger partial charge on any atom is -0.325 e. The molecule has 1 aromatic heterocycles. The van der Waals surface area contributed by atoms with E-state index in [0.29, 0.717) is 12.5 Å². The minimum absolute atomic E-state index is 0.0864. The third kappa shape index (κ3) is 3.34. The number of amides is 1. The van der Waals surface area contributed by atoms with Gasteiger partial charge in [0.15, 0.2) is 0 Å². The van der Waals surface area contributed by atoms with Crippen molar-refractivity contribution in [3.63, 3.8) is 0 Å². The Kier molecular flexibility index (Phi) is 4.30. The van der Waals surface area contributed by atoms with Crippen molar-refractivity contribution < 1.29 is 4.79 Å². The van der Waals surface area contributed by atoms with Crippen molar-refractivity contribution in [2.75, 3.05) is 25.0 Å². The Hall–Kier alpha value is -2.20. The second-order valence-electron chi connectivity index (χ2n) is 6.89. The highest BCUT2D eigenvalue weighted by Crippen LogP contribution is 2.27. The summed E-state index contributed by atoms with van der Waals surface area (Å²) in [6.07, 6.45) is 8.34. The molecule has 4 rings (SSSR count). The minimum atomic E-state index is 0.0864. The summed E-state index contributed by atoms with van der Waals surface area (Å²) in [6, 6.07) is 10.5. The van der Waals surface area contributed by atoms with Crippen LogP contribution in [0.5, 0.6) is 0 Å². The zero-order chi connectivity index (χ0) is 16.4. The number of carbonyl (C=O) groups is 1. The van der Waals surface area contributed by atoms with Gasteiger partial charge in [-0.05, 0) is 79.1 Å². The number of anilines is 1. The summed E-state index contributed by atoms with van der Waals surface area (Å²) >= 11 is 0. The van der Waals surface area contributed by atoms with Crippen LogP contribution in [0, 0.1) is 0 Å². The van der Waals surface area contributed by atoms with Crippen LogP contribution in [-0.4, -0.2) is 35.4 Å². The third-order valence-corrected chi connectivity index (χ3v) is 5.20. The quantitative estimate of drug-likeness (QED) is 0.941. The van der Waals surface area contributed by atoms with Crippen molar-refractivity contribution in [1.29, 1.82) is 0 Å². The van der Waals surface area contributed by atoms with Crippen LogP contribution < -0.4 is 5.32 Å². The Balaban J connectivity index is 1.32. The standard InChI is InChI=1S/C20H23N3O/c24-20(22-19-5-4-15-2-1-3-17(15)12-19)14-23-11-8-18(13-23)16-6-9-21-10-7-16/h4-7,9-10,12,18H,1-3,8,11,13-14H2,(H,22,24). The molecular weight excluding hydrogens is 298 g/mol. The van der Waals surface area contributed by atoms with Crippen LogP contribution in [0.25, 0.3) is 0 Å². The monoisotopic (exact) mass is 321 g/mol. The Bertz CT molecular complexity index is 729. The molecular formula is C20H23N3O. The maximum Gasteiger partial charge on any atom is 0.238 e. The molecule has 0 spiro atoms. The third-order valence-electron chi connectivity index (χ3n) is 5.20. The maximum absolute atomic E-state index is 12.3. The second kappa shape index (κ2) is 6.73. The highest BCUT2D eigenvalue weighted by Gasteiger charge is 2.25. The van der Waals surface area contributed by atoms with E-state index in [-0.39, 0.29) is 5.91 Å². The summed E-state index contributed by atoms with van der Waals surface area (Å²) in [4.78, 5) is 18.7. The van der Waals surface area contributed by atoms with Gasteiger partial charge in [0.25, 0.3) is 0 Å². The molecule has 24 heavy (non-hydrogen) atoms. The summed E-state index contributed by atoms with van der Waals surface area (Å²) in [7, 11) is 0. The number of aryl methyl sites for hydroxylation is 2. The van der Waals surface area contributed by atoms with Gasteiger partial charge >= 0.3 is 0 Å². The summed E-state index contributed by atoms with van der Waals surface area (Å²) in [6.45, 7) is 2.39. The van der Waals surface area contributed by atoms with E-state index in [1.54, 1.807) is 0 Å². The predicted octanol–water partition coefficient (Wildman–Crippen LogP) is 3.00. The molecule has 1 atom stereocenters. The smallest absolute Gasteiger partial charge is 0.238 e. The normalized spacial score (nSPS) is 20.1. The Morgan fingerprint density at radius 3 is 2.88 bits per heavy atom. The number of aromatic nitrogens is 1. The van der Waals surface area contributed by atoms with Gasteiger partial charge in [0, 0.05) is 24.6 Å². The molecule has 0 saturated carbocycles. The number of pyridine rings is 1. The highest BCUT2D eigenvalue weighted by atomic mass is 16.2. The first-order valence-corrected chi connectivity index (χ1v) is 8.82. The van der Waals surface area contributed by atoms with Crippen LogP contribution in [0.4, 0.5) is 5.69 Å². The van der Waals surface area contributed by atoms with E-state index in [0.717, 1.165) is 31.6 Å². The van der Waals surface area contributed by atoms with Crippen molar-refractivity contribution in [1.82, 2.24) is 9.88 Å². The van der Waals surface area contributed by atoms with E-state index in [9.17, 15) is 4.79 Å². The topological polar surface area (TPSA) is 45.2 Å². The fourth-order valence-electron chi connectivity index (χ4n) is 3.94. The predicted molar refractivity (Wildman–Crippen MR) is 95.1 cm³/mol. The maximum atomic E-state index is 12.3. The Morgan fingerprint density at radius 1 is 1.17 bits per heavy atom. The van der Waals surface area contributed by atoms with Crippen LogP contribution in [-0.2, 0) is 17.6 Å². The zero-order valence-electron chi connectivity index (χ0n) is 13.9. The number of nitrogens with zero attached hydrogens (tertiary/aromatic N) is 2. The van der Waals surface area contributed by atoms with Gasteiger partial charge in [-0.1, -0.05) is 6.07 Å². The lowest BCUT2D eigenvalue weighted by atomic mass is 10.00. The van der Waals surface area contributed by atoms with Crippen LogP contribution in [0.2, 0.25) is 0 Å². The molecule has 1 N–H and O–H groups in total. The van der Waals surface area contributed by atoms with Gasteiger partial charge < -0.3 is 5.32 Å². The molecule has 1 amide bonds. The number of nitrogens with one attached hydrogen (secondary N) is 1. The van der Waals surface area contributed by atoms with E-state index in [1.807, 2.05) is 18.5 Å². The first-order chi connectivity index (χ1) is 11.8. The van der Waals surface area contributed by atoms with Crippen LogP contribution in [0.15, 0.2) is 42.7 Å². The second-order valence-corrected chi connectivity index (χ2v) is 6.89. The van der Waals surface area contributed by atoms with Crippen LogP contribution in [0.3, 0.4) is 0 Å². The van der Waals surface area contributed by atoms with E-state index < -0.39 is 0 Å². The molecule has 1 saturated heterocycles. The number of rotatable bonds is 4. The molecule has 2 aliphatic rings. The number of hydrogen-bond acceptors (Lipinski definition) is 3. The van der Waals surface area contributed by atoms with E-state index in [1.165, 1.54) is 29.5 Å². The van der Waals surface area contributed by atoms with Crippen molar-refractivity contribution in [3.8, 4) is 0 Å². The molecule has 1 aliphatic heterocycles. The van der Waals surface area contributed by atoms with Gasteiger partial charge in [-0.25, -0.2) is 0 Å². The molecule has 2 aromatic rings. The first kappa shape index (κ1) is 15.3. The Labute approximate surface area is 142 Å². The van der Waals surface area contributed by atoms with Gasteiger partial charge in [-0.15, -0.1) is 0 Å². The lowest BCUT2D eigenvalue weighted by molar-refractivity contribution is -0.117. The fraction of sp³-hybridized carbons (Fsp3) is 0.400. The number of hydrogen-bond donors (Lipinski definition) is 1. The number of carbonyl (C=O) groups excluding carboxylic acids is 1. The Morgan fingerprint density at radius 2 is 2.00 bits per heavy atom. The molecule has 1 fully saturated rings. The van der Waals surface area contributed by atoms with E-state index in [4.69, 9.17) is 0 Å². The van der Waals surface area contributed by atoms with Crippen molar-refractivity contribution in [2.24, 2.45) is 0 Å². The summed E-state index contributed by atoms with van der Waals surface area (Å²) < 4.78 is 0. The van der Waals surface area contributed by atoms with Gasteiger partial charge in [-0.3, -0.25) is 14.7 Å². The van der Waals surface area contributed by atoms with Crippen LogP contribution >= 0.6 is 0 Å². The summed E-state index contributed by atoms with van der Waals surface area (Å²) in [5.74, 6) is 0.601. The van der Waals surface area contributed by atoms with Crippen molar-refractivity contribution in [3.05, 3.63) is 59.4 Å². The number of fused-ring (bicyclic) bond motifs is 1. The lowest BCUT2D eigenvalue weighted by Crippen LogP contribution is -2.31. The lowest BCUT2D eigenvalue weighted by Gasteiger charge is -2.16. The van der Waals surface area contributed by atoms with Crippen molar-refractivity contribution in [2.45, 2.75) is 31.6 Å². The molecule has 4 nitrogen and oxygen atoms in total. The summed E-state index contributed by atoms with van der Waals surface area (Å²) in [5, 5.41) is 3.06. The SMILES string of the molecule is O=C(CN1CCC(c2ccncc2)C1)Nc1ccc2c(c1)CCC2. The summed E-state index contributed by atoms with van der Waals surface area (Å²) in [5.41, 5.74) is 5.09. The largest absolute Gasteiger partial charge is 0.325 e. The molecule has 1 unspecified atom stereocenters. The molecule has 2 heterocycles. The number of likely N-dealkylation sites (tertiary alicyclic amines) is 1. The zero-order valence-corrected chi connectivity index (χ0v) is 13.9. The average Bonchev–Trinajstić information content (AvgIpc) is 3.24. The van der Waals surface area contributed by atoms with Crippen molar-refractivity contribution >= 4 is 11.6 Å². The first-order valence-electron chi connectivity index (χ1n) is 8.82. The van der Waals surface area contributed by atoms with E-state index in [2.05, 4.69) is 39.5 Å². The fourth-order valence-corrected chi connectivity index (χ4v) is 3.94. The molecule has 1 aromatic carbocycles. The molecule has 0 bridgehead atoms. The highest BCUT2D eigenvalue weighted by molar-refractivity contribution is 5.92. The van der Waals surface area contributed by atoms with Gasteiger partial charge in [0.05, 0.1) is 6.54 Å². The average molecular weight is 321 g/mol. The molecule has 4 heteroatoms. The molecule has 1 aliphatic carbocycles. The van der Waals surface area contributed by atoms with Gasteiger partial charge in [0.2, 0.25) is 5.91 Å². The van der Waals surface area contributed by atoms with Crippen LogP contribution in [0.1, 0.15) is 35.4 Å². The number of benzene rings is 1. The molecule has 124 valence electrons. The van der Waals surface area contributed by atoms with E-state index >= 15 is 0 Å². The van der Waals surface area contributed by atoms with Gasteiger partial charge in [0.1, 0.15) is 0 Å². The van der Waals surface area contributed by atoms with Gasteiger partial charge in [-0.2, -0.15) is 0 Å². The molecule has 0 radical (unpaired) electrons.